The van der Waals surface area contributed by atoms with Gasteiger partial charge in [-0.3, -0.25) is 0 Å². The van der Waals surface area contributed by atoms with E-state index in [0.717, 1.165) is 36.6 Å². The maximum atomic E-state index is 12.9. The van der Waals surface area contributed by atoms with Crippen molar-refractivity contribution in [2.75, 3.05) is 0 Å². The number of benzene rings is 1. The SMILES string of the molecule is O=C(O)/C=C/C=C(/C1=COC=C(C2=CC=CCC2)O1)c1ccc(C(F)(F)F)cc1. The van der Waals surface area contributed by atoms with Crippen LogP contribution in [0.5, 0.6) is 0 Å². The number of allylic oxidation sites excluding steroid dienone is 7. The van der Waals surface area contributed by atoms with Crippen molar-refractivity contribution in [2.45, 2.75) is 19.0 Å². The van der Waals surface area contributed by atoms with Crippen LogP contribution in [0.4, 0.5) is 13.2 Å². The lowest BCUT2D eigenvalue weighted by Gasteiger charge is -2.21. The third-order valence-electron chi connectivity index (χ3n) is 4.19. The van der Waals surface area contributed by atoms with Crippen molar-refractivity contribution in [3.05, 3.63) is 101 Å². The van der Waals surface area contributed by atoms with Crippen LogP contribution < -0.4 is 0 Å². The minimum Gasteiger partial charge on any atom is -0.478 e. The Morgan fingerprint density at radius 1 is 1.14 bits per heavy atom. The summed E-state index contributed by atoms with van der Waals surface area (Å²) in [7, 11) is 0. The van der Waals surface area contributed by atoms with Gasteiger partial charge in [0.2, 0.25) is 0 Å². The largest absolute Gasteiger partial charge is 0.478 e. The van der Waals surface area contributed by atoms with E-state index in [2.05, 4.69) is 0 Å². The number of ether oxygens (including phenoxy) is 2. The summed E-state index contributed by atoms with van der Waals surface area (Å²) in [6.07, 6.45) is 9.40. The molecule has 0 spiro atoms. The van der Waals surface area contributed by atoms with Gasteiger partial charge in [0.05, 0.1) is 5.56 Å². The zero-order valence-electron chi connectivity index (χ0n) is 15.1. The van der Waals surface area contributed by atoms with Crippen molar-refractivity contribution in [1.29, 1.82) is 0 Å². The highest BCUT2D eigenvalue weighted by atomic mass is 19.4. The van der Waals surface area contributed by atoms with Crippen LogP contribution in [0.2, 0.25) is 0 Å². The van der Waals surface area contributed by atoms with Gasteiger partial charge in [-0.2, -0.15) is 13.2 Å². The number of carboxylic acid groups (broad SMARTS) is 1. The van der Waals surface area contributed by atoms with Gasteiger partial charge in [-0.15, -0.1) is 0 Å². The molecule has 1 aliphatic heterocycles. The van der Waals surface area contributed by atoms with Crippen LogP contribution in [0.1, 0.15) is 24.0 Å². The highest BCUT2D eigenvalue weighted by Gasteiger charge is 2.30. The minimum absolute atomic E-state index is 0.257. The van der Waals surface area contributed by atoms with Crippen molar-refractivity contribution < 1.29 is 32.5 Å². The van der Waals surface area contributed by atoms with E-state index in [0.29, 0.717) is 16.9 Å². The van der Waals surface area contributed by atoms with Crippen molar-refractivity contribution >= 4 is 11.5 Å². The first-order valence-corrected chi connectivity index (χ1v) is 8.73. The first kappa shape index (κ1) is 20.3. The molecule has 2 aliphatic rings. The second kappa shape index (κ2) is 8.68. The molecule has 0 saturated carbocycles. The summed E-state index contributed by atoms with van der Waals surface area (Å²) in [4.78, 5) is 10.8. The number of hydrogen-bond acceptors (Lipinski definition) is 3. The van der Waals surface area contributed by atoms with E-state index in [1.165, 1.54) is 36.8 Å². The first-order valence-electron chi connectivity index (χ1n) is 8.73. The van der Waals surface area contributed by atoms with Crippen LogP contribution in [0.3, 0.4) is 0 Å². The Morgan fingerprint density at radius 2 is 1.90 bits per heavy atom. The molecular weight excluding hydrogens is 385 g/mol. The van der Waals surface area contributed by atoms with E-state index >= 15 is 0 Å². The Bertz CT molecular complexity index is 959. The van der Waals surface area contributed by atoms with Gasteiger partial charge in [0.25, 0.3) is 0 Å². The molecule has 7 heteroatoms. The topological polar surface area (TPSA) is 55.8 Å². The van der Waals surface area contributed by atoms with Crippen LogP contribution in [0.25, 0.3) is 5.57 Å². The van der Waals surface area contributed by atoms with E-state index in [4.69, 9.17) is 14.6 Å². The van der Waals surface area contributed by atoms with Crippen molar-refractivity contribution in [1.82, 2.24) is 0 Å². The summed E-state index contributed by atoms with van der Waals surface area (Å²) in [5.41, 5.74) is 0.942. The molecule has 1 aromatic rings. The fraction of sp³-hybridized carbons (Fsp3) is 0.136. The average Bonchev–Trinajstić information content (AvgIpc) is 2.71. The molecule has 3 rings (SSSR count). The first-order chi connectivity index (χ1) is 13.8. The van der Waals surface area contributed by atoms with Gasteiger partial charge in [-0.25, -0.2) is 4.79 Å². The van der Waals surface area contributed by atoms with Crippen molar-refractivity contribution in [2.24, 2.45) is 0 Å². The minimum atomic E-state index is -4.45. The molecule has 1 aliphatic carbocycles. The number of halogens is 3. The molecule has 150 valence electrons. The Labute approximate surface area is 165 Å². The molecule has 4 nitrogen and oxygen atoms in total. The van der Waals surface area contributed by atoms with Crippen molar-refractivity contribution in [3.8, 4) is 0 Å². The molecule has 0 radical (unpaired) electrons. The van der Waals surface area contributed by atoms with E-state index in [-0.39, 0.29) is 5.76 Å². The lowest BCUT2D eigenvalue weighted by Crippen LogP contribution is -2.07. The second-order valence-electron chi connectivity index (χ2n) is 6.21. The molecule has 0 bridgehead atoms. The monoisotopic (exact) mass is 402 g/mol. The van der Waals surface area contributed by atoms with E-state index in [9.17, 15) is 18.0 Å². The van der Waals surface area contributed by atoms with Gasteiger partial charge >= 0.3 is 12.1 Å². The Balaban J connectivity index is 1.92. The Hall–Kier alpha value is -3.48. The lowest BCUT2D eigenvalue weighted by atomic mass is 10.0. The number of hydrogen-bond donors (Lipinski definition) is 1. The highest BCUT2D eigenvalue weighted by molar-refractivity contribution is 5.83. The predicted octanol–water partition coefficient (Wildman–Crippen LogP) is 5.74. The van der Waals surface area contributed by atoms with Crippen LogP contribution >= 0.6 is 0 Å². The normalized spacial score (nSPS) is 17.2. The molecule has 1 aromatic carbocycles. The fourth-order valence-electron chi connectivity index (χ4n) is 2.78. The summed E-state index contributed by atoms with van der Waals surface area (Å²) < 4.78 is 49.9. The molecule has 0 atom stereocenters. The van der Waals surface area contributed by atoms with Crippen molar-refractivity contribution in [3.63, 3.8) is 0 Å². The lowest BCUT2D eigenvalue weighted by molar-refractivity contribution is -0.137. The maximum absolute atomic E-state index is 12.9. The summed E-state index contributed by atoms with van der Waals surface area (Å²) in [5, 5.41) is 8.81. The molecule has 0 amide bonds. The molecule has 0 unspecified atom stereocenters. The number of alkyl halides is 3. The van der Waals surface area contributed by atoms with E-state index in [1.54, 1.807) is 0 Å². The second-order valence-corrected chi connectivity index (χ2v) is 6.21. The average molecular weight is 402 g/mol. The van der Waals surface area contributed by atoms with Gasteiger partial charge in [0, 0.05) is 11.6 Å². The number of carbonyl (C=O) groups is 1. The molecule has 0 aromatic heterocycles. The van der Waals surface area contributed by atoms with E-state index in [1.807, 2.05) is 18.2 Å². The molecule has 1 N–H and O–H groups in total. The smallest absolute Gasteiger partial charge is 0.416 e. The third-order valence-corrected chi connectivity index (χ3v) is 4.19. The summed E-state index contributed by atoms with van der Waals surface area (Å²) in [5.74, 6) is -0.401. The molecular formula is C22H17F3O4. The number of rotatable bonds is 5. The zero-order valence-corrected chi connectivity index (χ0v) is 15.1. The Kier molecular flexibility index (Phi) is 6.07. The molecule has 0 fully saturated rings. The third kappa shape index (κ3) is 5.28. The van der Waals surface area contributed by atoms with Gasteiger partial charge in [0.15, 0.2) is 11.5 Å². The number of carboxylic acids is 1. The summed E-state index contributed by atoms with van der Waals surface area (Å²) in [6, 6.07) is 4.52. The number of aliphatic carboxylic acids is 1. The maximum Gasteiger partial charge on any atom is 0.416 e. The van der Waals surface area contributed by atoms with Gasteiger partial charge in [0.1, 0.15) is 12.5 Å². The van der Waals surface area contributed by atoms with Crippen LogP contribution in [-0.4, -0.2) is 11.1 Å². The van der Waals surface area contributed by atoms with Crippen LogP contribution in [0.15, 0.2) is 90.3 Å². The molecule has 0 saturated heterocycles. The highest BCUT2D eigenvalue weighted by Crippen LogP contribution is 2.35. The fourth-order valence-corrected chi connectivity index (χ4v) is 2.78. The summed E-state index contributed by atoms with van der Waals surface area (Å²) in [6.45, 7) is 0. The van der Waals surface area contributed by atoms with Gasteiger partial charge in [-0.1, -0.05) is 42.5 Å². The standard InChI is InChI=1S/C22H17F3O4/c23-22(24,25)17-11-9-15(10-12-17)18(7-4-8-21(26)27)20-14-28-13-19(29-20)16-5-2-1-3-6-16/h1-2,4-5,7-14H,3,6H2,(H,26,27)/b8-4+,18-7+. The van der Waals surface area contributed by atoms with Gasteiger partial charge < -0.3 is 14.6 Å². The summed E-state index contributed by atoms with van der Waals surface area (Å²) >= 11 is 0. The molecule has 1 heterocycles. The Morgan fingerprint density at radius 3 is 2.52 bits per heavy atom. The predicted molar refractivity (Wildman–Crippen MR) is 101 cm³/mol. The zero-order chi connectivity index (χ0) is 20.9. The van der Waals surface area contributed by atoms with Crippen LogP contribution in [0, 0.1) is 0 Å². The quantitative estimate of drug-likeness (QED) is 0.504. The van der Waals surface area contributed by atoms with E-state index < -0.39 is 17.7 Å². The van der Waals surface area contributed by atoms with Gasteiger partial charge in [-0.05, 0) is 36.1 Å². The molecule has 29 heavy (non-hydrogen) atoms. The van der Waals surface area contributed by atoms with Crippen LogP contribution in [-0.2, 0) is 20.4 Å².